The second-order valence-corrected chi connectivity index (χ2v) is 18.6. The molecular formula is C40H48FN7O10S. The van der Waals surface area contributed by atoms with E-state index < -0.39 is 58.2 Å². The first kappa shape index (κ1) is 42.9. The molecule has 0 bridgehead atoms. The number of ether oxygens (including phenoxy) is 3. The number of aromatic nitrogens is 3. The van der Waals surface area contributed by atoms with Gasteiger partial charge in [0.2, 0.25) is 17.3 Å². The minimum atomic E-state index is -1.35. The third kappa shape index (κ3) is 9.15. The zero-order valence-corrected chi connectivity index (χ0v) is 35.4. The SMILES string of the molecule is CC1Sc2c(C(=O)O)c(=O)c3cc(F)c(N4CCN(CC(=O)Nc5ccc6nc(N(C(=O)OC(C)(C)C)C(=O)OC(C)(C)C)n(C(=O)OC(C)(C)C)c6c5)CC4)cc3n21. The van der Waals surface area contributed by atoms with Gasteiger partial charge in [0, 0.05) is 37.3 Å². The number of carboxylic acids is 1. The van der Waals surface area contributed by atoms with E-state index in [1.165, 1.54) is 23.9 Å². The summed E-state index contributed by atoms with van der Waals surface area (Å²) in [5.41, 5.74) is -2.84. The summed E-state index contributed by atoms with van der Waals surface area (Å²) in [6.07, 6.45) is -3.25. The number of amides is 3. The summed E-state index contributed by atoms with van der Waals surface area (Å²) >= 11 is 1.27. The molecule has 19 heteroatoms. The fraction of sp³-hybridized carbons (Fsp3) is 0.475. The molecule has 1 atom stereocenters. The molecular weight excluding hydrogens is 790 g/mol. The Hall–Kier alpha value is -5.69. The van der Waals surface area contributed by atoms with E-state index in [0.29, 0.717) is 41.6 Å². The van der Waals surface area contributed by atoms with Gasteiger partial charge >= 0.3 is 24.2 Å². The summed E-state index contributed by atoms with van der Waals surface area (Å²) in [4.78, 5) is 87.9. The van der Waals surface area contributed by atoms with Gasteiger partial charge in [-0.2, -0.15) is 0 Å². The van der Waals surface area contributed by atoms with Gasteiger partial charge in [-0.15, -0.1) is 4.90 Å². The normalized spacial score (nSPS) is 16.0. The molecule has 1 fully saturated rings. The van der Waals surface area contributed by atoms with Gasteiger partial charge in [-0.05, 0) is 99.6 Å². The van der Waals surface area contributed by atoms with E-state index in [2.05, 4.69) is 10.3 Å². The van der Waals surface area contributed by atoms with Gasteiger partial charge in [-0.25, -0.2) is 33.1 Å². The molecule has 4 heterocycles. The van der Waals surface area contributed by atoms with Crippen LogP contribution in [0, 0.1) is 5.82 Å². The van der Waals surface area contributed by atoms with Gasteiger partial charge in [0.15, 0.2) is 0 Å². The van der Waals surface area contributed by atoms with Crippen LogP contribution in [0.3, 0.4) is 0 Å². The number of carbonyl (C=O) groups is 5. The van der Waals surface area contributed by atoms with Gasteiger partial charge in [0.25, 0.3) is 0 Å². The Bertz CT molecular complexity index is 2430. The minimum absolute atomic E-state index is 0.00169. The molecule has 0 radical (unpaired) electrons. The van der Waals surface area contributed by atoms with Crippen molar-refractivity contribution in [3.63, 3.8) is 0 Å². The van der Waals surface area contributed by atoms with Crippen LogP contribution in [0.15, 0.2) is 40.2 Å². The average Bonchev–Trinajstić information content (AvgIpc) is 3.44. The largest absolute Gasteiger partial charge is 0.477 e. The number of anilines is 3. The van der Waals surface area contributed by atoms with Crippen molar-refractivity contribution in [1.29, 1.82) is 0 Å². The van der Waals surface area contributed by atoms with Crippen molar-refractivity contribution in [1.82, 2.24) is 19.0 Å². The van der Waals surface area contributed by atoms with Crippen LogP contribution in [0.4, 0.5) is 36.1 Å². The maximum absolute atomic E-state index is 15.5. The number of imide groups is 1. The summed E-state index contributed by atoms with van der Waals surface area (Å²) < 4.78 is 34.9. The Morgan fingerprint density at radius 2 is 1.47 bits per heavy atom. The van der Waals surface area contributed by atoms with Crippen LogP contribution < -0.4 is 20.5 Å². The molecule has 2 aliphatic rings. The minimum Gasteiger partial charge on any atom is -0.477 e. The fourth-order valence-corrected chi connectivity index (χ4v) is 7.80. The molecule has 1 unspecified atom stereocenters. The number of fused-ring (bicyclic) bond motifs is 4. The molecule has 2 N–H and O–H groups in total. The van der Waals surface area contributed by atoms with E-state index >= 15 is 4.39 Å². The predicted molar refractivity (Wildman–Crippen MR) is 219 cm³/mol. The molecule has 2 aromatic carbocycles. The summed E-state index contributed by atoms with van der Waals surface area (Å²) in [6.45, 7) is 18.0. The first-order chi connectivity index (χ1) is 27.3. The second kappa shape index (κ2) is 15.5. The van der Waals surface area contributed by atoms with Crippen molar-refractivity contribution in [2.45, 2.75) is 96.4 Å². The number of imidazole rings is 1. The Morgan fingerprint density at radius 1 is 0.881 bits per heavy atom. The summed E-state index contributed by atoms with van der Waals surface area (Å²) in [5, 5.41) is 12.7. The van der Waals surface area contributed by atoms with Crippen molar-refractivity contribution >= 4 is 81.2 Å². The highest BCUT2D eigenvalue weighted by Gasteiger charge is 2.39. The molecule has 0 spiro atoms. The van der Waals surface area contributed by atoms with Gasteiger partial charge < -0.3 is 34.1 Å². The van der Waals surface area contributed by atoms with Crippen molar-refractivity contribution in [3.8, 4) is 0 Å². The number of rotatable bonds is 6. The molecule has 2 aromatic heterocycles. The quantitative estimate of drug-likeness (QED) is 0.188. The fourth-order valence-electron chi connectivity index (χ4n) is 6.65. The molecule has 1 saturated heterocycles. The Kier molecular flexibility index (Phi) is 11.3. The highest BCUT2D eigenvalue weighted by atomic mass is 32.2. The highest BCUT2D eigenvalue weighted by molar-refractivity contribution is 8.00. The van der Waals surface area contributed by atoms with E-state index in [4.69, 9.17) is 14.2 Å². The van der Waals surface area contributed by atoms with E-state index in [0.717, 1.165) is 10.6 Å². The van der Waals surface area contributed by atoms with Crippen LogP contribution >= 0.6 is 11.8 Å². The third-order valence-electron chi connectivity index (χ3n) is 9.02. The van der Waals surface area contributed by atoms with Crippen LogP contribution in [0.2, 0.25) is 0 Å². The lowest BCUT2D eigenvalue weighted by Crippen LogP contribution is -2.49. The molecule has 17 nitrogen and oxygen atoms in total. The molecule has 316 valence electrons. The summed E-state index contributed by atoms with van der Waals surface area (Å²) in [5.74, 6) is -2.83. The van der Waals surface area contributed by atoms with Crippen molar-refractivity contribution < 1.29 is 47.7 Å². The number of thioether (sulfide) groups is 1. The number of aromatic carboxylic acids is 1. The smallest absolute Gasteiger partial charge is 0.427 e. The maximum atomic E-state index is 15.5. The van der Waals surface area contributed by atoms with Gasteiger partial charge in [-0.3, -0.25) is 14.5 Å². The van der Waals surface area contributed by atoms with E-state index in [1.54, 1.807) is 79.0 Å². The standard InChI is InChI=1S/C40H48FN7O10S/c1-21-46-26-19-27(24(41)18-23(26)31(50)30(33(51)52)32(46)59-21)45-15-13-44(14-16-45)20-29(49)42-22-11-12-25-28(17-22)47(35(53)56-38(2,3)4)34(43-25)48(36(54)57-39(5,6)7)37(55)58-40(8,9)10/h11-12,17-19,21H,13-16,20H2,1-10H3,(H,42,49)(H,51,52). The molecule has 0 saturated carbocycles. The van der Waals surface area contributed by atoms with Crippen molar-refractivity contribution in [2.75, 3.05) is 47.8 Å². The Balaban J connectivity index is 1.22. The number of nitrogens with zero attached hydrogens (tertiary/aromatic N) is 6. The summed E-state index contributed by atoms with van der Waals surface area (Å²) in [6, 6.07) is 7.22. The lowest BCUT2D eigenvalue weighted by Gasteiger charge is -2.37. The number of hydrogen-bond acceptors (Lipinski definition) is 13. The lowest BCUT2D eigenvalue weighted by molar-refractivity contribution is -0.117. The van der Waals surface area contributed by atoms with Crippen LogP contribution in [-0.4, -0.2) is 104 Å². The van der Waals surface area contributed by atoms with Gasteiger partial charge in [0.05, 0.1) is 39.2 Å². The number of halogens is 1. The first-order valence-electron chi connectivity index (χ1n) is 18.9. The Morgan fingerprint density at radius 3 is 2.02 bits per heavy atom. The van der Waals surface area contributed by atoms with Crippen molar-refractivity contribution in [3.05, 3.63) is 51.9 Å². The molecule has 59 heavy (non-hydrogen) atoms. The summed E-state index contributed by atoms with van der Waals surface area (Å²) in [7, 11) is 0. The molecule has 0 aliphatic carbocycles. The first-order valence-corrected chi connectivity index (χ1v) is 19.8. The van der Waals surface area contributed by atoms with Crippen LogP contribution in [0.1, 0.15) is 85.0 Å². The van der Waals surface area contributed by atoms with Crippen LogP contribution in [-0.2, 0) is 19.0 Å². The number of piperazine rings is 1. The number of hydrogen-bond donors (Lipinski definition) is 2. The molecule has 4 aromatic rings. The van der Waals surface area contributed by atoms with Gasteiger partial charge in [0.1, 0.15) is 28.2 Å². The lowest BCUT2D eigenvalue weighted by atomic mass is 10.1. The number of benzene rings is 2. The number of carbonyl (C=O) groups excluding carboxylic acids is 4. The second-order valence-electron chi connectivity index (χ2n) is 17.3. The van der Waals surface area contributed by atoms with E-state index in [9.17, 15) is 33.9 Å². The maximum Gasteiger partial charge on any atom is 0.427 e. The number of carboxylic acid groups (broad SMARTS) is 1. The molecule has 3 amide bonds. The monoisotopic (exact) mass is 837 g/mol. The zero-order chi connectivity index (χ0) is 43.5. The van der Waals surface area contributed by atoms with E-state index in [1.807, 2.05) is 16.7 Å². The Labute approximate surface area is 343 Å². The predicted octanol–water partition coefficient (Wildman–Crippen LogP) is 7.03. The number of pyridine rings is 1. The molecule has 2 aliphatic heterocycles. The third-order valence-corrected chi connectivity index (χ3v) is 10.2. The van der Waals surface area contributed by atoms with E-state index in [-0.39, 0.29) is 51.2 Å². The highest BCUT2D eigenvalue weighted by Crippen LogP contribution is 2.46. The average molecular weight is 838 g/mol. The van der Waals surface area contributed by atoms with Crippen molar-refractivity contribution in [2.24, 2.45) is 0 Å². The van der Waals surface area contributed by atoms with Crippen LogP contribution in [0.5, 0.6) is 0 Å². The van der Waals surface area contributed by atoms with Gasteiger partial charge in [-0.1, -0.05) is 11.8 Å². The zero-order valence-electron chi connectivity index (χ0n) is 34.6. The topological polar surface area (TPSA) is 195 Å². The number of nitrogens with one attached hydrogen (secondary N) is 1. The molecule has 6 rings (SSSR count). The van der Waals surface area contributed by atoms with Crippen LogP contribution in [0.25, 0.3) is 21.9 Å².